The van der Waals surface area contributed by atoms with Gasteiger partial charge in [-0.15, -0.1) is 0 Å². The Hall–Kier alpha value is -3.58. The summed E-state index contributed by atoms with van der Waals surface area (Å²) in [6.07, 6.45) is 7.99. The number of H-pyrrole nitrogens is 1. The van der Waals surface area contributed by atoms with Gasteiger partial charge in [0, 0.05) is 54.3 Å². The monoisotopic (exact) mass is 563 g/mol. The lowest BCUT2D eigenvalue weighted by Crippen LogP contribution is -2.70. The second-order valence-electron chi connectivity index (χ2n) is 10.1. The van der Waals surface area contributed by atoms with Crippen LogP contribution in [0.25, 0.3) is 22.2 Å². The summed E-state index contributed by atoms with van der Waals surface area (Å²) in [5.41, 5.74) is 3.47. The molecular weight excluding hydrogens is 537 g/mol. The zero-order valence-corrected chi connectivity index (χ0v) is 23.1. The van der Waals surface area contributed by atoms with Crippen molar-refractivity contribution < 1.29 is 9.47 Å². The van der Waals surface area contributed by atoms with Crippen LogP contribution in [-0.2, 0) is 0 Å². The van der Waals surface area contributed by atoms with E-state index in [9.17, 15) is 5.26 Å². The molecule has 2 saturated heterocycles. The maximum absolute atomic E-state index is 9.97. The Morgan fingerprint density at radius 3 is 2.59 bits per heavy atom. The van der Waals surface area contributed by atoms with Crippen molar-refractivity contribution in [3.8, 4) is 28.8 Å². The molecule has 9 nitrogen and oxygen atoms in total. The number of fused-ring (bicyclic) bond motifs is 1. The van der Waals surface area contributed by atoms with Crippen molar-refractivity contribution in [2.45, 2.75) is 37.8 Å². The normalized spacial score (nSPS) is 17.1. The van der Waals surface area contributed by atoms with Crippen LogP contribution in [0.3, 0.4) is 0 Å². The van der Waals surface area contributed by atoms with Gasteiger partial charge in [0.15, 0.2) is 11.5 Å². The average Bonchev–Trinajstić information content (AvgIpc) is 3.34. The zero-order chi connectivity index (χ0) is 27.1. The predicted octanol–water partition coefficient (Wildman–Crippen LogP) is 5.68. The van der Waals surface area contributed by atoms with Gasteiger partial charge < -0.3 is 19.7 Å². The fourth-order valence-corrected chi connectivity index (χ4v) is 6.28. The molecular formula is C28H27Cl2N7O2. The first-order valence-electron chi connectivity index (χ1n) is 12.8. The Kier molecular flexibility index (Phi) is 6.71. The number of hydrogen-bond donors (Lipinski definition) is 2. The highest BCUT2D eigenvalue weighted by Crippen LogP contribution is 2.41. The Labute approximate surface area is 236 Å². The minimum atomic E-state index is -0.473. The molecule has 2 fully saturated rings. The van der Waals surface area contributed by atoms with Crippen LogP contribution in [0.1, 0.15) is 43.4 Å². The van der Waals surface area contributed by atoms with Gasteiger partial charge in [0.25, 0.3) is 0 Å². The molecule has 11 heteroatoms. The Balaban J connectivity index is 1.31. The lowest BCUT2D eigenvalue weighted by molar-refractivity contribution is 0.201. The van der Waals surface area contributed by atoms with Gasteiger partial charge in [0.1, 0.15) is 23.7 Å². The number of nitrogens with one attached hydrogen (secondary N) is 2. The highest BCUT2D eigenvalue weighted by atomic mass is 35.5. The standard InChI is InChI=1S/C28H27Cl2N7O2/c1-16(25-20(29)12-32-13-21(25)30)39-24-8-19-22(9-23(24)38-2)35-36-26(19)18-7-17(10-31)27(33-11-18)37-14-28(15-37)5-3-4-6-34-28/h7-9,11-13,16,34H,3-6,14-15H2,1-2H3,(H,35,36)/t16-/m1/s1. The maximum atomic E-state index is 9.97. The first kappa shape index (κ1) is 25.7. The zero-order valence-electron chi connectivity index (χ0n) is 21.6. The molecule has 0 amide bonds. The molecule has 0 bridgehead atoms. The maximum Gasteiger partial charge on any atom is 0.162 e. The van der Waals surface area contributed by atoms with E-state index < -0.39 is 6.10 Å². The molecule has 4 aromatic rings. The second-order valence-corrected chi connectivity index (χ2v) is 10.9. The molecule has 200 valence electrons. The third-order valence-electron chi connectivity index (χ3n) is 7.58. The molecule has 0 aliphatic carbocycles. The van der Waals surface area contributed by atoms with Crippen molar-refractivity contribution in [1.29, 1.82) is 5.26 Å². The van der Waals surface area contributed by atoms with E-state index in [1.165, 1.54) is 25.2 Å². The number of nitriles is 1. The molecule has 2 aliphatic rings. The Morgan fingerprint density at radius 2 is 1.90 bits per heavy atom. The van der Waals surface area contributed by atoms with E-state index >= 15 is 0 Å². The summed E-state index contributed by atoms with van der Waals surface area (Å²) in [6, 6.07) is 7.87. The van der Waals surface area contributed by atoms with Crippen LogP contribution in [-0.4, -0.2) is 52.4 Å². The van der Waals surface area contributed by atoms with Crippen molar-refractivity contribution in [3.63, 3.8) is 0 Å². The van der Waals surface area contributed by atoms with Crippen molar-refractivity contribution in [2.24, 2.45) is 0 Å². The van der Waals surface area contributed by atoms with Crippen LogP contribution >= 0.6 is 23.2 Å². The van der Waals surface area contributed by atoms with E-state index in [0.717, 1.165) is 42.5 Å². The SMILES string of the molecule is COc1cc2[nH]nc(-c3cnc(N4CC5(CCCCN5)C4)c(C#N)c3)c2cc1O[C@H](C)c1c(Cl)cncc1Cl. The minimum absolute atomic E-state index is 0.154. The molecule has 1 atom stereocenters. The number of nitrogens with zero attached hydrogens (tertiary/aromatic N) is 5. The third kappa shape index (κ3) is 4.63. The predicted molar refractivity (Wildman–Crippen MR) is 151 cm³/mol. The topological polar surface area (TPSA) is 112 Å². The number of benzene rings is 1. The third-order valence-corrected chi connectivity index (χ3v) is 8.18. The van der Waals surface area contributed by atoms with Gasteiger partial charge in [-0.25, -0.2) is 4.98 Å². The van der Waals surface area contributed by atoms with Gasteiger partial charge >= 0.3 is 0 Å². The number of anilines is 1. The van der Waals surface area contributed by atoms with Crippen molar-refractivity contribution in [3.05, 3.63) is 58.0 Å². The molecule has 1 aromatic carbocycles. The van der Waals surface area contributed by atoms with E-state index in [4.69, 9.17) is 37.7 Å². The first-order chi connectivity index (χ1) is 18.9. The minimum Gasteiger partial charge on any atom is -0.493 e. The highest BCUT2D eigenvalue weighted by molar-refractivity contribution is 6.35. The van der Waals surface area contributed by atoms with E-state index in [1.54, 1.807) is 13.3 Å². The summed E-state index contributed by atoms with van der Waals surface area (Å²) in [6.45, 7) is 4.64. The molecule has 6 rings (SSSR count). The molecule has 3 aromatic heterocycles. The van der Waals surface area contributed by atoms with E-state index in [1.807, 2.05) is 25.1 Å². The number of aromatic nitrogens is 4. The van der Waals surface area contributed by atoms with E-state index in [0.29, 0.717) is 44.2 Å². The lowest BCUT2D eigenvalue weighted by atomic mass is 9.81. The van der Waals surface area contributed by atoms with Gasteiger partial charge in [0.05, 0.1) is 33.8 Å². The number of hydrogen-bond acceptors (Lipinski definition) is 8. The largest absolute Gasteiger partial charge is 0.493 e. The fourth-order valence-electron chi connectivity index (χ4n) is 5.61. The molecule has 2 N–H and O–H groups in total. The van der Waals surface area contributed by atoms with E-state index in [-0.39, 0.29) is 5.54 Å². The molecule has 0 saturated carbocycles. The smallest absolute Gasteiger partial charge is 0.162 e. The van der Waals surface area contributed by atoms with Crippen molar-refractivity contribution in [1.82, 2.24) is 25.5 Å². The van der Waals surface area contributed by atoms with Crippen LogP contribution in [0.15, 0.2) is 36.8 Å². The molecule has 2 aliphatic heterocycles. The molecule has 0 radical (unpaired) electrons. The van der Waals surface area contributed by atoms with Crippen molar-refractivity contribution >= 4 is 39.9 Å². The van der Waals surface area contributed by atoms with Gasteiger partial charge in [-0.2, -0.15) is 10.4 Å². The number of methoxy groups -OCH3 is 1. The summed E-state index contributed by atoms with van der Waals surface area (Å²) >= 11 is 12.7. The summed E-state index contributed by atoms with van der Waals surface area (Å²) in [5.74, 6) is 1.74. The van der Waals surface area contributed by atoms with Crippen molar-refractivity contribution in [2.75, 3.05) is 31.6 Å². The van der Waals surface area contributed by atoms with Gasteiger partial charge in [-0.05, 0) is 38.4 Å². The van der Waals surface area contributed by atoms with Gasteiger partial charge in [0.2, 0.25) is 0 Å². The second kappa shape index (κ2) is 10.2. The molecule has 0 unspecified atom stereocenters. The quantitative estimate of drug-likeness (QED) is 0.308. The Morgan fingerprint density at radius 1 is 1.10 bits per heavy atom. The summed E-state index contributed by atoms with van der Waals surface area (Å²) in [4.78, 5) is 10.9. The highest BCUT2D eigenvalue weighted by Gasteiger charge is 2.44. The number of rotatable bonds is 6. The summed E-state index contributed by atoms with van der Waals surface area (Å²) in [5, 5.41) is 22.9. The first-order valence-corrected chi connectivity index (χ1v) is 13.6. The molecule has 1 spiro atoms. The van der Waals surface area contributed by atoms with Crippen LogP contribution in [0, 0.1) is 11.3 Å². The van der Waals surface area contributed by atoms with E-state index in [2.05, 4.69) is 31.5 Å². The van der Waals surface area contributed by atoms with Crippen LogP contribution < -0.4 is 19.7 Å². The van der Waals surface area contributed by atoms with Gasteiger partial charge in [-0.1, -0.05) is 29.6 Å². The molecule has 5 heterocycles. The summed E-state index contributed by atoms with van der Waals surface area (Å²) < 4.78 is 11.9. The fraction of sp³-hybridized carbons (Fsp3) is 0.357. The number of pyridine rings is 2. The van der Waals surface area contributed by atoms with Crippen LogP contribution in [0.4, 0.5) is 5.82 Å². The lowest BCUT2D eigenvalue weighted by Gasteiger charge is -2.53. The molecule has 39 heavy (non-hydrogen) atoms. The number of piperidine rings is 1. The van der Waals surface area contributed by atoms with Gasteiger partial charge in [-0.3, -0.25) is 10.1 Å². The average molecular weight is 564 g/mol. The number of aromatic amines is 1. The Bertz CT molecular complexity index is 1560. The van der Waals surface area contributed by atoms with Crippen LogP contribution in [0.5, 0.6) is 11.5 Å². The van der Waals surface area contributed by atoms with Crippen LogP contribution in [0.2, 0.25) is 10.0 Å². The number of ether oxygens (including phenoxy) is 2. The number of halogens is 2. The summed E-state index contributed by atoms with van der Waals surface area (Å²) in [7, 11) is 1.58.